The fourth-order valence-electron chi connectivity index (χ4n) is 3.38. The number of carbonyl (C=O) groups excluding carboxylic acids is 1. The highest BCUT2D eigenvalue weighted by Crippen LogP contribution is 2.44. The quantitative estimate of drug-likeness (QED) is 0.883. The first-order chi connectivity index (χ1) is 9.84. The van der Waals surface area contributed by atoms with E-state index in [0.717, 1.165) is 25.1 Å². The zero-order valence-corrected chi connectivity index (χ0v) is 13.6. The third kappa shape index (κ3) is 3.28. The number of nitrogens with two attached hydrogens (primary N) is 1. The minimum Gasteiger partial charge on any atom is -0.355 e. The first-order valence-corrected chi connectivity index (χ1v) is 7.83. The van der Waals surface area contributed by atoms with Crippen LogP contribution in [0.5, 0.6) is 0 Å². The van der Waals surface area contributed by atoms with E-state index in [1.807, 2.05) is 17.8 Å². The van der Waals surface area contributed by atoms with Gasteiger partial charge in [-0.05, 0) is 24.2 Å². The Morgan fingerprint density at radius 1 is 1.52 bits per heavy atom. The van der Waals surface area contributed by atoms with E-state index in [-0.39, 0.29) is 23.3 Å². The Kier molecular flexibility index (Phi) is 4.71. The zero-order chi connectivity index (χ0) is 15.6. The highest BCUT2D eigenvalue weighted by atomic mass is 16.1. The van der Waals surface area contributed by atoms with E-state index in [1.54, 1.807) is 6.20 Å². The molecule has 3 N–H and O–H groups in total. The summed E-state index contributed by atoms with van der Waals surface area (Å²) in [6.45, 7) is 7.13. The predicted molar refractivity (Wildman–Crippen MR) is 83.6 cm³/mol. The van der Waals surface area contributed by atoms with Gasteiger partial charge in [0.1, 0.15) is 5.82 Å². The third-order valence-electron chi connectivity index (χ3n) is 5.39. The van der Waals surface area contributed by atoms with E-state index in [9.17, 15) is 4.79 Å². The minimum atomic E-state index is -0.0506. The van der Waals surface area contributed by atoms with Gasteiger partial charge < -0.3 is 15.6 Å². The van der Waals surface area contributed by atoms with Gasteiger partial charge >= 0.3 is 0 Å². The summed E-state index contributed by atoms with van der Waals surface area (Å²) in [5.74, 6) is 1.56. The number of rotatable bonds is 4. The zero-order valence-electron chi connectivity index (χ0n) is 13.6. The van der Waals surface area contributed by atoms with Crippen LogP contribution < -0.4 is 11.1 Å². The lowest BCUT2D eigenvalue weighted by atomic mass is 9.61. The van der Waals surface area contributed by atoms with Crippen LogP contribution in [0, 0.1) is 17.3 Å². The molecule has 1 aromatic rings. The molecular formula is C16H28N4O. The fourth-order valence-corrected chi connectivity index (χ4v) is 3.38. The van der Waals surface area contributed by atoms with Crippen molar-refractivity contribution in [3.8, 4) is 0 Å². The van der Waals surface area contributed by atoms with E-state index in [4.69, 9.17) is 5.73 Å². The first-order valence-electron chi connectivity index (χ1n) is 7.83. The fraction of sp³-hybridized carbons (Fsp3) is 0.750. The van der Waals surface area contributed by atoms with Gasteiger partial charge in [-0.2, -0.15) is 0 Å². The van der Waals surface area contributed by atoms with E-state index < -0.39 is 0 Å². The second-order valence-corrected chi connectivity index (χ2v) is 6.90. The maximum Gasteiger partial charge on any atom is 0.223 e. The number of amides is 1. The molecule has 0 aromatic carbocycles. The van der Waals surface area contributed by atoms with E-state index in [0.29, 0.717) is 12.5 Å². The lowest BCUT2D eigenvalue weighted by molar-refractivity contribution is -0.132. The molecule has 1 amide bonds. The summed E-state index contributed by atoms with van der Waals surface area (Å²) in [7, 11) is 1.97. The molecule has 1 aliphatic carbocycles. The Hall–Kier alpha value is -1.36. The maximum absolute atomic E-state index is 12.5. The Bertz CT molecular complexity index is 494. The summed E-state index contributed by atoms with van der Waals surface area (Å²) in [5.41, 5.74) is 6.10. The molecule has 0 saturated heterocycles. The van der Waals surface area contributed by atoms with Crippen molar-refractivity contribution < 1.29 is 4.79 Å². The van der Waals surface area contributed by atoms with Crippen LogP contribution >= 0.6 is 0 Å². The van der Waals surface area contributed by atoms with Crippen LogP contribution in [0.1, 0.15) is 39.4 Å². The van der Waals surface area contributed by atoms with E-state index >= 15 is 0 Å². The molecule has 118 valence electrons. The summed E-state index contributed by atoms with van der Waals surface area (Å²) in [6.07, 6.45) is 6.28. The second-order valence-electron chi connectivity index (χ2n) is 6.90. The molecule has 1 aliphatic rings. The summed E-state index contributed by atoms with van der Waals surface area (Å²) >= 11 is 0. The van der Waals surface area contributed by atoms with Crippen molar-refractivity contribution >= 4 is 5.91 Å². The van der Waals surface area contributed by atoms with Crippen molar-refractivity contribution in [2.24, 2.45) is 30.0 Å². The molecule has 21 heavy (non-hydrogen) atoms. The van der Waals surface area contributed by atoms with Crippen molar-refractivity contribution in [2.45, 2.75) is 46.1 Å². The molecule has 1 saturated carbocycles. The molecule has 2 rings (SSSR count). The lowest BCUT2D eigenvalue weighted by Crippen LogP contribution is -2.51. The van der Waals surface area contributed by atoms with Gasteiger partial charge in [-0.1, -0.05) is 20.8 Å². The first kappa shape index (κ1) is 16.0. The lowest BCUT2D eigenvalue weighted by Gasteiger charge is -2.46. The van der Waals surface area contributed by atoms with Gasteiger partial charge in [0.2, 0.25) is 5.91 Å². The predicted octanol–water partition coefficient (Wildman–Crippen LogP) is 1.48. The standard InChI is InChI=1S/C16H28N4O/c1-11-13(17)6-5-12(16(11,2)3)15(21)19-8-7-14-18-9-10-20(14)4/h9-13H,5-8,17H2,1-4H3,(H,19,21). The molecule has 5 nitrogen and oxygen atoms in total. The molecule has 0 bridgehead atoms. The van der Waals surface area contributed by atoms with Crippen LogP contribution in [0.2, 0.25) is 0 Å². The van der Waals surface area contributed by atoms with Crippen LogP contribution in [0.3, 0.4) is 0 Å². The van der Waals surface area contributed by atoms with Crippen LogP contribution in [-0.4, -0.2) is 28.0 Å². The number of nitrogens with zero attached hydrogens (tertiary/aromatic N) is 2. The van der Waals surface area contributed by atoms with Crippen molar-refractivity contribution in [1.29, 1.82) is 0 Å². The van der Waals surface area contributed by atoms with Crippen molar-refractivity contribution in [2.75, 3.05) is 6.54 Å². The summed E-state index contributed by atoms with van der Waals surface area (Å²) in [5, 5.41) is 3.08. The minimum absolute atomic E-state index is 0.0497. The number of hydrogen-bond donors (Lipinski definition) is 2. The van der Waals surface area contributed by atoms with Crippen molar-refractivity contribution in [1.82, 2.24) is 14.9 Å². The van der Waals surface area contributed by atoms with Gasteiger partial charge in [-0.15, -0.1) is 0 Å². The molecule has 1 heterocycles. The van der Waals surface area contributed by atoms with E-state index in [2.05, 4.69) is 31.1 Å². The molecule has 0 spiro atoms. The average molecular weight is 292 g/mol. The Morgan fingerprint density at radius 2 is 2.24 bits per heavy atom. The molecule has 1 aromatic heterocycles. The topological polar surface area (TPSA) is 72.9 Å². The molecule has 5 heteroatoms. The molecular weight excluding hydrogens is 264 g/mol. The maximum atomic E-state index is 12.5. The van der Waals surface area contributed by atoms with Crippen molar-refractivity contribution in [3.05, 3.63) is 18.2 Å². The van der Waals surface area contributed by atoms with E-state index in [1.165, 1.54) is 0 Å². The SMILES string of the molecule is CC1C(N)CCC(C(=O)NCCc2nccn2C)C1(C)C. The Morgan fingerprint density at radius 3 is 2.86 bits per heavy atom. The average Bonchev–Trinajstić information content (AvgIpc) is 2.82. The van der Waals surface area contributed by atoms with Gasteiger partial charge in [0.25, 0.3) is 0 Å². The normalized spacial score (nSPS) is 28.3. The largest absolute Gasteiger partial charge is 0.355 e. The van der Waals surface area contributed by atoms with Crippen molar-refractivity contribution in [3.63, 3.8) is 0 Å². The summed E-state index contributed by atoms with van der Waals surface area (Å²) in [6, 6.07) is 0.205. The second kappa shape index (κ2) is 6.18. The number of aromatic nitrogens is 2. The number of aryl methyl sites for hydroxylation is 1. The van der Waals surface area contributed by atoms with Crippen LogP contribution in [0.25, 0.3) is 0 Å². The smallest absolute Gasteiger partial charge is 0.223 e. The monoisotopic (exact) mass is 292 g/mol. The third-order valence-corrected chi connectivity index (χ3v) is 5.39. The Balaban J connectivity index is 1.89. The molecule has 1 fully saturated rings. The molecule has 0 aliphatic heterocycles. The van der Waals surface area contributed by atoms with Crippen LogP contribution in [-0.2, 0) is 18.3 Å². The molecule has 3 atom stereocenters. The number of imidazole rings is 1. The highest BCUT2D eigenvalue weighted by molar-refractivity contribution is 5.79. The van der Waals surface area contributed by atoms with Gasteiger partial charge in [0, 0.05) is 44.4 Å². The van der Waals surface area contributed by atoms with Gasteiger partial charge in [0.15, 0.2) is 0 Å². The van der Waals surface area contributed by atoms with Crippen LogP contribution in [0.15, 0.2) is 12.4 Å². The van der Waals surface area contributed by atoms with Crippen LogP contribution in [0.4, 0.5) is 0 Å². The summed E-state index contributed by atoms with van der Waals surface area (Å²) < 4.78 is 1.98. The number of nitrogens with one attached hydrogen (secondary N) is 1. The molecule has 0 radical (unpaired) electrons. The highest BCUT2D eigenvalue weighted by Gasteiger charge is 2.44. The number of hydrogen-bond acceptors (Lipinski definition) is 3. The molecule has 3 unspecified atom stereocenters. The summed E-state index contributed by atoms with van der Waals surface area (Å²) in [4.78, 5) is 16.8. The van der Waals surface area contributed by atoms with Gasteiger partial charge in [0.05, 0.1) is 0 Å². The Labute approximate surface area is 127 Å². The number of carbonyl (C=O) groups is 1. The van der Waals surface area contributed by atoms with Gasteiger partial charge in [-0.3, -0.25) is 4.79 Å². The van der Waals surface area contributed by atoms with Gasteiger partial charge in [-0.25, -0.2) is 4.98 Å².